The number of nitrogens with zero attached hydrogens (tertiary/aromatic N) is 1. The average molecular weight is 320 g/mol. The Kier molecular flexibility index (Phi) is 7.02. The number of benzene rings is 1. The summed E-state index contributed by atoms with van der Waals surface area (Å²) in [7, 11) is 0. The van der Waals surface area contributed by atoms with E-state index in [4.69, 9.17) is 0 Å². The zero-order valence-electron chi connectivity index (χ0n) is 13.9. The van der Waals surface area contributed by atoms with Gasteiger partial charge in [0.25, 0.3) is 0 Å². The molecule has 1 aliphatic heterocycles. The van der Waals surface area contributed by atoms with Gasteiger partial charge in [0.05, 0.1) is 12.2 Å². The van der Waals surface area contributed by atoms with Crippen LogP contribution in [0.4, 0.5) is 5.69 Å². The van der Waals surface area contributed by atoms with Crippen molar-refractivity contribution in [1.29, 1.82) is 0 Å². The van der Waals surface area contributed by atoms with E-state index in [2.05, 4.69) is 24.4 Å². The van der Waals surface area contributed by atoms with Crippen LogP contribution in [0.1, 0.15) is 38.2 Å². The third-order valence-electron chi connectivity index (χ3n) is 4.34. The average Bonchev–Trinajstić information content (AvgIpc) is 2.55. The predicted octanol–water partition coefficient (Wildman–Crippen LogP) is 1.79. The number of anilines is 1. The van der Waals surface area contributed by atoms with Crippen LogP contribution in [0, 0.1) is 0 Å². The van der Waals surface area contributed by atoms with Crippen LogP contribution >= 0.6 is 0 Å². The summed E-state index contributed by atoms with van der Waals surface area (Å²) in [6, 6.07) is 8.02. The molecule has 1 heterocycles. The molecule has 1 aromatic rings. The lowest BCUT2D eigenvalue weighted by Gasteiger charge is -2.33. The second-order valence-corrected chi connectivity index (χ2v) is 6.32. The van der Waals surface area contributed by atoms with Crippen molar-refractivity contribution < 1.29 is 15.0 Å². The minimum absolute atomic E-state index is 0.0214. The van der Waals surface area contributed by atoms with Crippen molar-refractivity contribution in [2.75, 3.05) is 25.0 Å². The molecule has 1 amide bonds. The Morgan fingerprint density at radius 3 is 2.65 bits per heavy atom. The number of piperidine rings is 1. The molecule has 5 nitrogen and oxygen atoms in total. The van der Waals surface area contributed by atoms with Gasteiger partial charge in [0.1, 0.15) is 0 Å². The molecule has 23 heavy (non-hydrogen) atoms. The molecule has 2 rings (SSSR count). The number of carbonyl (C=O) groups excluding carboxylic acids is 1. The summed E-state index contributed by atoms with van der Waals surface area (Å²) in [5, 5.41) is 22.0. The fourth-order valence-corrected chi connectivity index (χ4v) is 2.81. The van der Waals surface area contributed by atoms with Crippen molar-refractivity contribution in [3.63, 3.8) is 0 Å². The first kappa shape index (κ1) is 17.9. The third-order valence-corrected chi connectivity index (χ3v) is 4.34. The largest absolute Gasteiger partial charge is 0.390 e. The van der Waals surface area contributed by atoms with E-state index >= 15 is 0 Å². The first-order valence-electron chi connectivity index (χ1n) is 8.55. The maximum atomic E-state index is 12.0. The summed E-state index contributed by atoms with van der Waals surface area (Å²) in [6.07, 6.45) is 3.05. The molecule has 0 aromatic heterocycles. The molecule has 2 atom stereocenters. The Labute approximate surface area is 138 Å². The topological polar surface area (TPSA) is 72.8 Å². The number of amides is 1. The van der Waals surface area contributed by atoms with Gasteiger partial charge < -0.3 is 20.4 Å². The predicted molar refractivity (Wildman–Crippen MR) is 91.4 cm³/mol. The van der Waals surface area contributed by atoms with Gasteiger partial charge in [0.2, 0.25) is 5.91 Å². The maximum Gasteiger partial charge on any atom is 0.225 e. The summed E-state index contributed by atoms with van der Waals surface area (Å²) in [5.41, 5.74) is 2.12. The number of carbonyl (C=O) groups is 1. The van der Waals surface area contributed by atoms with Gasteiger partial charge in [0.15, 0.2) is 0 Å². The summed E-state index contributed by atoms with van der Waals surface area (Å²) in [4.78, 5) is 14.0. The zero-order chi connectivity index (χ0) is 16.7. The van der Waals surface area contributed by atoms with Crippen LogP contribution in [0.15, 0.2) is 24.3 Å². The van der Waals surface area contributed by atoms with E-state index < -0.39 is 12.2 Å². The van der Waals surface area contributed by atoms with Gasteiger partial charge in [-0.25, -0.2) is 0 Å². The van der Waals surface area contributed by atoms with Crippen LogP contribution < -0.4 is 5.32 Å². The van der Waals surface area contributed by atoms with E-state index in [1.807, 2.05) is 17.0 Å². The second kappa shape index (κ2) is 9.01. The summed E-state index contributed by atoms with van der Waals surface area (Å²) in [6.45, 7) is 3.93. The van der Waals surface area contributed by atoms with Crippen molar-refractivity contribution in [2.24, 2.45) is 0 Å². The van der Waals surface area contributed by atoms with Crippen molar-refractivity contribution in [2.45, 2.75) is 51.2 Å². The van der Waals surface area contributed by atoms with Gasteiger partial charge in [-0.15, -0.1) is 0 Å². The molecular formula is C18H28N2O3. The molecule has 0 aliphatic carbocycles. The number of hydrogen-bond acceptors (Lipinski definition) is 4. The van der Waals surface area contributed by atoms with E-state index in [1.165, 1.54) is 18.4 Å². The highest BCUT2D eigenvalue weighted by molar-refractivity contribution is 5.90. The van der Waals surface area contributed by atoms with Crippen molar-refractivity contribution in [3.05, 3.63) is 29.8 Å². The van der Waals surface area contributed by atoms with E-state index in [1.54, 1.807) is 0 Å². The maximum absolute atomic E-state index is 12.0. The summed E-state index contributed by atoms with van der Waals surface area (Å²) < 4.78 is 0. The van der Waals surface area contributed by atoms with Crippen LogP contribution in [-0.4, -0.2) is 52.9 Å². The van der Waals surface area contributed by atoms with Crippen LogP contribution in [0.25, 0.3) is 0 Å². The third kappa shape index (κ3) is 5.94. The van der Waals surface area contributed by atoms with Gasteiger partial charge in [-0.3, -0.25) is 4.79 Å². The highest BCUT2D eigenvalue weighted by Gasteiger charge is 2.25. The van der Waals surface area contributed by atoms with Gasteiger partial charge in [-0.2, -0.15) is 0 Å². The van der Waals surface area contributed by atoms with Gasteiger partial charge in [0, 0.05) is 31.7 Å². The fourth-order valence-electron chi connectivity index (χ4n) is 2.81. The van der Waals surface area contributed by atoms with E-state index in [0.717, 1.165) is 18.7 Å². The molecule has 128 valence electrons. The number of hydrogen-bond donors (Lipinski definition) is 3. The van der Waals surface area contributed by atoms with Gasteiger partial charge >= 0.3 is 0 Å². The highest BCUT2D eigenvalue weighted by atomic mass is 16.3. The smallest absolute Gasteiger partial charge is 0.225 e. The van der Waals surface area contributed by atoms with Gasteiger partial charge in [-0.05, 0) is 37.0 Å². The summed E-state index contributed by atoms with van der Waals surface area (Å²) in [5.74, 6) is -0.0214. The monoisotopic (exact) mass is 320 g/mol. The Morgan fingerprint density at radius 1 is 1.26 bits per heavy atom. The minimum atomic E-state index is -0.706. The first-order chi connectivity index (χ1) is 11.1. The molecule has 0 radical (unpaired) electrons. The standard InChI is InChI=1S/C18H28N2O3/c1-2-3-4-14-5-7-15(8-6-14)19-18(23)10-12-20-11-9-16(21)17(22)13-20/h5-8,16-17,21-22H,2-4,9-13H2,1H3,(H,19,23)/t16-,17-/m0/s1. The first-order valence-corrected chi connectivity index (χ1v) is 8.55. The SMILES string of the molecule is CCCCc1ccc(NC(=O)CCN2CC[C@H](O)[C@@H](O)C2)cc1. The minimum Gasteiger partial charge on any atom is -0.390 e. The molecule has 1 fully saturated rings. The van der Waals surface area contributed by atoms with Crippen LogP contribution in [0.2, 0.25) is 0 Å². The number of rotatable bonds is 7. The van der Waals surface area contributed by atoms with Crippen LogP contribution in [-0.2, 0) is 11.2 Å². The fraction of sp³-hybridized carbons (Fsp3) is 0.611. The lowest BCUT2D eigenvalue weighted by Crippen LogP contribution is -2.47. The Balaban J connectivity index is 1.72. The number of unbranched alkanes of at least 4 members (excludes halogenated alkanes) is 1. The highest BCUT2D eigenvalue weighted by Crippen LogP contribution is 2.13. The Morgan fingerprint density at radius 2 is 2.00 bits per heavy atom. The molecular weight excluding hydrogens is 292 g/mol. The molecule has 0 unspecified atom stereocenters. The van der Waals surface area contributed by atoms with Crippen molar-refractivity contribution >= 4 is 11.6 Å². The van der Waals surface area contributed by atoms with Gasteiger partial charge in [-0.1, -0.05) is 25.5 Å². The van der Waals surface area contributed by atoms with Crippen molar-refractivity contribution in [1.82, 2.24) is 4.90 Å². The zero-order valence-corrected chi connectivity index (χ0v) is 13.9. The Bertz CT molecular complexity index is 490. The lowest BCUT2D eigenvalue weighted by atomic mass is 10.1. The molecule has 1 aliphatic rings. The second-order valence-electron chi connectivity index (χ2n) is 6.32. The molecule has 1 aromatic carbocycles. The number of aryl methyl sites for hydroxylation is 1. The quantitative estimate of drug-likeness (QED) is 0.716. The van der Waals surface area contributed by atoms with E-state index in [9.17, 15) is 15.0 Å². The normalized spacial score (nSPS) is 22.0. The number of aliphatic hydroxyl groups excluding tert-OH is 2. The molecule has 5 heteroatoms. The number of likely N-dealkylation sites (tertiary alicyclic amines) is 1. The molecule has 0 bridgehead atoms. The molecule has 1 saturated heterocycles. The molecule has 3 N–H and O–H groups in total. The number of β-amino-alcohol motifs (C(OH)–C–C–N with tert-alkyl or cyclic N) is 1. The number of aliphatic hydroxyl groups is 2. The van der Waals surface area contributed by atoms with Crippen molar-refractivity contribution in [3.8, 4) is 0 Å². The van der Waals surface area contributed by atoms with E-state index in [-0.39, 0.29) is 5.91 Å². The molecule has 0 saturated carbocycles. The molecule has 0 spiro atoms. The Hall–Kier alpha value is -1.43. The van der Waals surface area contributed by atoms with Crippen LogP contribution in [0.5, 0.6) is 0 Å². The van der Waals surface area contributed by atoms with E-state index in [0.29, 0.717) is 25.9 Å². The number of nitrogens with one attached hydrogen (secondary N) is 1. The summed E-state index contributed by atoms with van der Waals surface area (Å²) >= 11 is 0. The van der Waals surface area contributed by atoms with Crippen LogP contribution in [0.3, 0.4) is 0 Å². The lowest BCUT2D eigenvalue weighted by molar-refractivity contribution is -0.117.